The molecule has 3 rings (SSSR count). The van der Waals surface area contributed by atoms with Gasteiger partial charge in [0.2, 0.25) is 0 Å². The van der Waals surface area contributed by atoms with Crippen molar-refractivity contribution in [2.24, 2.45) is 11.8 Å². The van der Waals surface area contributed by atoms with Gasteiger partial charge < -0.3 is 5.32 Å². The minimum absolute atomic E-state index is 0.349. The molecule has 2 aliphatic rings. The van der Waals surface area contributed by atoms with Gasteiger partial charge in [0.15, 0.2) is 0 Å². The summed E-state index contributed by atoms with van der Waals surface area (Å²) in [5.74, 6) is 0.467. The van der Waals surface area contributed by atoms with Crippen molar-refractivity contribution in [3.05, 3.63) is 41.5 Å². The van der Waals surface area contributed by atoms with Crippen LogP contribution in [0, 0.1) is 23.5 Å². The Kier molecular flexibility index (Phi) is 3.16. The molecule has 0 aromatic heterocycles. The molecular formula is C15H17F2N. The Balaban J connectivity index is 1.74. The Hall–Kier alpha value is -1.22. The second-order valence-electron chi connectivity index (χ2n) is 5.31. The molecule has 3 unspecified atom stereocenters. The van der Waals surface area contributed by atoms with Crippen molar-refractivity contribution in [2.45, 2.75) is 25.3 Å². The quantitative estimate of drug-likeness (QED) is 0.847. The van der Waals surface area contributed by atoms with E-state index < -0.39 is 11.6 Å². The zero-order valence-electron chi connectivity index (χ0n) is 10.2. The first-order valence-corrected chi connectivity index (χ1v) is 6.60. The van der Waals surface area contributed by atoms with Crippen LogP contribution in [0.3, 0.4) is 0 Å². The molecule has 2 fully saturated rings. The summed E-state index contributed by atoms with van der Waals surface area (Å²) < 4.78 is 26.3. The molecule has 0 bridgehead atoms. The van der Waals surface area contributed by atoms with Gasteiger partial charge in [-0.25, -0.2) is 8.78 Å². The summed E-state index contributed by atoms with van der Waals surface area (Å²) in [7, 11) is 0. The monoisotopic (exact) mass is 249 g/mol. The first-order valence-electron chi connectivity index (χ1n) is 6.60. The van der Waals surface area contributed by atoms with Gasteiger partial charge in [0, 0.05) is 17.7 Å². The van der Waals surface area contributed by atoms with Gasteiger partial charge in [-0.3, -0.25) is 0 Å². The minimum Gasteiger partial charge on any atom is -0.310 e. The van der Waals surface area contributed by atoms with Crippen LogP contribution in [0.2, 0.25) is 0 Å². The Labute approximate surface area is 106 Å². The molecule has 1 saturated heterocycles. The molecule has 0 amide bonds. The topological polar surface area (TPSA) is 12.0 Å². The van der Waals surface area contributed by atoms with Gasteiger partial charge in [-0.2, -0.15) is 0 Å². The number of fused-ring (bicyclic) bond motifs is 1. The average molecular weight is 249 g/mol. The maximum absolute atomic E-state index is 13.5. The summed E-state index contributed by atoms with van der Waals surface area (Å²) >= 11 is 0. The van der Waals surface area contributed by atoms with E-state index in [1.807, 2.05) is 6.08 Å². The highest BCUT2D eigenvalue weighted by Gasteiger charge is 2.37. The van der Waals surface area contributed by atoms with Crippen molar-refractivity contribution < 1.29 is 8.78 Å². The zero-order chi connectivity index (χ0) is 12.5. The number of nitrogens with one attached hydrogen (secondary N) is 1. The van der Waals surface area contributed by atoms with Crippen LogP contribution in [-0.4, -0.2) is 12.6 Å². The van der Waals surface area contributed by atoms with Gasteiger partial charge in [0.25, 0.3) is 0 Å². The Morgan fingerprint density at radius 1 is 1.22 bits per heavy atom. The number of benzene rings is 1. The first kappa shape index (κ1) is 11.8. The first-order chi connectivity index (χ1) is 8.74. The maximum Gasteiger partial charge on any atom is 0.133 e. The van der Waals surface area contributed by atoms with Crippen LogP contribution in [-0.2, 0) is 0 Å². The smallest absolute Gasteiger partial charge is 0.133 e. The highest BCUT2D eigenvalue weighted by Crippen LogP contribution is 2.38. The molecule has 96 valence electrons. The molecule has 1 aliphatic carbocycles. The number of hydrogen-bond donors (Lipinski definition) is 1. The van der Waals surface area contributed by atoms with E-state index in [-0.39, 0.29) is 0 Å². The molecule has 18 heavy (non-hydrogen) atoms. The van der Waals surface area contributed by atoms with E-state index >= 15 is 0 Å². The lowest BCUT2D eigenvalue weighted by Gasteiger charge is -2.13. The summed E-state index contributed by atoms with van der Waals surface area (Å²) in [6.45, 7) is 1.07. The third-order valence-corrected chi connectivity index (χ3v) is 4.24. The maximum atomic E-state index is 13.5. The Morgan fingerprint density at radius 3 is 2.94 bits per heavy atom. The van der Waals surface area contributed by atoms with Crippen LogP contribution in [0.25, 0.3) is 6.08 Å². The summed E-state index contributed by atoms with van der Waals surface area (Å²) in [5.41, 5.74) is 0.458. The van der Waals surface area contributed by atoms with E-state index in [1.54, 1.807) is 6.08 Å². The van der Waals surface area contributed by atoms with Crippen molar-refractivity contribution in [2.75, 3.05) is 6.54 Å². The fourth-order valence-electron chi connectivity index (χ4n) is 3.29. The highest BCUT2D eigenvalue weighted by molar-refractivity contribution is 5.50. The number of rotatable bonds is 2. The zero-order valence-corrected chi connectivity index (χ0v) is 10.2. The van der Waals surface area contributed by atoms with Crippen molar-refractivity contribution in [3.8, 4) is 0 Å². The molecule has 3 heteroatoms. The Morgan fingerprint density at radius 2 is 2.11 bits per heavy atom. The molecule has 0 radical (unpaired) electrons. The number of halogens is 2. The van der Waals surface area contributed by atoms with Gasteiger partial charge in [-0.1, -0.05) is 18.6 Å². The van der Waals surface area contributed by atoms with Crippen LogP contribution < -0.4 is 5.32 Å². The van der Waals surface area contributed by atoms with Gasteiger partial charge >= 0.3 is 0 Å². The van der Waals surface area contributed by atoms with Gasteiger partial charge in [-0.15, -0.1) is 0 Å². The number of hydrogen-bond acceptors (Lipinski definition) is 1. The second kappa shape index (κ2) is 4.81. The summed E-state index contributed by atoms with van der Waals surface area (Å²) in [6.07, 6.45) is 7.69. The molecule has 1 aromatic rings. The van der Waals surface area contributed by atoms with E-state index in [9.17, 15) is 8.78 Å². The third kappa shape index (κ3) is 2.19. The van der Waals surface area contributed by atoms with Crippen molar-refractivity contribution in [1.29, 1.82) is 0 Å². The van der Waals surface area contributed by atoms with E-state index in [2.05, 4.69) is 5.32 Å². The molecule has 3 atom stereocenters. The summed E-state index contributed by atoms with van der Waals surface area (Å²) in [6, 6.07) is 4.06. The van der Waals surface area contributed by atoms with Crippen LogP contribution in [0.15, 0.2) is 24.3 Å². The summed E-state index contributed by atoms with van der Waals surface area (Å²) in [5, 5.41) is 3.48. The van der Waals surface area contributed by atoms with E-state index in [1.165, 1.54) is 31.4 Å². The molecule has 1 saturated carbocycles. The molecule has 1 aromatic carbocycles. The standard InChI is InChI=1S/C15H17F2N/c16-12-6-4-10(14(17)8-12)5-7-15-13-3-1-2-11(13)9-18-15/h4-8,11,13,15,18H,1-3,9H2/b7-5+. The fraction of sp³-hybridized carbons (Fsp3) is 0.467. The Bertz CT molecular complexity index is 470. The summed E-state index contributed by atoms with van der Waals surface area (Å²) in [4.78, 5) is 0. The molecule has 1 aliphatic heterocycles. The lowest BCUT2D eigenvalue weighted by molar-refractivity contribution is 0.456. The molecule has 1 nitrogen and oxygen atoms in total. The van der Waals surface area contributed by atoms with Crippen molar-refractivity contribution >= 4 is 6.08 Å². The third-order valence-electron chi connectivity index (χ3n) is 4.24. The lowest BCUT2D eigenvalue weighted by Crippen LogP contribution is -2.23. The fourth-order valence-corrected chi connectivity index (χ4v) is 3.29. The molecular weight excluding hydrogens is 232 g/mol. The molecule has 0 spiro atoms. The minimum atomic E-state index is -0.528. The van der Waals surface area contributed by atoms with Gasteiger partial charge in [-0.05, 0) is 43.4 Å². The predicted octanol–water partition coefficient (Wildman–Crippen LogP) is 3.37. The largest absolute Gasteiger partial charge is 0.310 e. The van der Waals surface area contributed by atoms with Crippen molar-refractivity contribution in [1.82, 2.24) is 5.32 Å². The molecule has 1 N–H and O–H groups in total. The van der Waals surface area contributed by atoms with Crippen LogP contribution >= 0.6 is 0 Å². The second-order valence-corrected chi connectivity index (χ2v) is 5.31. The average Bonchev–Trinajstić information content (AvgIpc) is 2.91. The van der Waals surface area contributed by atoms with Crippen LogP contribution in [0.5, 0.6) is 0 Å². The predicted molar refractivity (Wildman–Crippen MR) is 68.0 cm³/mol. The lowest BCUT2D eigenvalue weighted by atomic mass is 9.93. The van der Waals surface area contributed by atoms with Crippen LogP contribution in [0.4, 0.5) is 8.78 Å². The normalized spacial score (nSPS) is 31.1. The van der Waals surface area contributed by atoms with Gasteiger partial charge in [0.05, 0.1) is 0 Å². The van der Waals surface area contributed by atoms with E-state index in [0.29, 0.717) is 17.5 Å². The van der Waals surface area contributed by atoms with Crippen LogP contribution in [0.1, 0.15) is 24.8 Å². The van der Waals surface area contributed by atoms with E-state index in [0.717, 1.165) is 18.5 Å². The van der Waals surface area contributed by atoms with Crippen molar-refractivity contribution in [3.63, 3.8) is 0 Å². The van der Waals surface area contributed by atoms with Gasteiger partial charge in [0.1, 0.15) is 11.6 Å². The SMILES string of the molecule is Fc1ccc(/C=C/C2NCC3CCCC32)c(F)c1. The van der Waals surface area contributed by atoms with E-state index in [4.69, 9.17) is 0 Å². The highest BCUT2D eigenvalue weighted by atomic mass is 19.1. The molecule has 1 heterocycles.